The van der Waals surface area contributed by atoms with Crippen molar-refractivity contribution in [2.45, 2.75) is 31.9 Å². The number of anilines is 1. The van der Waals surface area contributed by atoms with Crippen molar-refractivity contribution >= 4 is 22.5 Å². The summed E-state index contributed by atoms with van der Waals surface area (Å²) in [6, 6.07) is 10.4. The number of nitrogens with one attached hydrogen (secondary N) is 2. The Hall–Kier alpha value is -2.96. The molecule has 152 valence electrons. The van der Waals surface area contributed by atoms with Crippen molar-refractivity contribution in [1.82, 2.24) is 10.3 Å². The largest absolute Gasteiger partial charge is 0.416 e. The fraction of sp³-hybridized carbons (Fsp3) is 0.318. The zero-order valence-electron chi connectivity index (χ0n) is 16.1. The SMILES string of the molecule is CN(CNC(=O)c1ccc(C(F)(F)F)cc1)c1ccc2[nH]c3c(c2c1)CCCC3. The third-order valence-corrected chi connectivity index (χ3v) is 5.47. The number of benzene rings is 2. The lowest BCUT2D eigenvalue weighted by Gasteiger charge is -2.20. The summed E-state index contributed by atoms with van der Waals surface area (Å²) in [5.74, 6) is -0.411. The highest BCUT2D eigenvalue weighted by molar-refractivity contribution is 5.94. The van der Waals surface area contributed by atoms with Gasteiger partial charge in [-0.25, -0.2) is 0 Å². The molecule has 2 N–H and O–H groups in total. The van der Waals surface area contributed by atoms with E-state index in [9.17, 15) is 18.0 Å². The maximum Gasteiger partial charge on any atom is 0.416 e. The van der Waals surface area contributed by atoms with Gasteiger partial charge in [-0.15, -0.1) is 0 Å². The predicted molar refractivity (Wildman–Crippen MR) is 107 cm³/mol. The number of carbonyl (C=O) groups is 1. The molecule has 1 aliphatic rings. The van der Waals surface area contributed by atoms with Gasteiger partial charge < -0.3 is 15.2 Å². The number of halogens is 3. The predicted octanol–water partition coefficient (Wildman–Crippen LogP) is 4.89. The first-order valence-electron chi connectivity index (χ1n) is 9.63. The molecule has 0 saturated heterocycles. The maximum absolute atomic E-state index is 12.6. The molecule has 3 aromatic rings. The summed E-state index contributed by atoms with van der Waals surface area (Å²) in [5, 5.41) is 3.98. The van der Waals surface area contributed by atoms with Gasteiger partial charge in [-0.3, -0.25) is 4.79 Å². The number of rotatable bonds is 4. The van der Waals surface area contributed by atoms with E-state index in [4.69, 9.17) is 0 Å². The number of aromatic amines is 1. The minimum atomic E-state index is -4.41. The Bertz CT molecular complexity index is 1040. The summed E-state index contributed by atoms with van der Waals surface area (Å²) in [4.78, 5) is 17.7. The van der Waals surface area contributed by atoms with Gasteiger partial charge in [0.2, 0.25) is 0 Å². The Morgan fingerprint density at radius 3 is 2.55 bits per heavy atom. The van der Waals surface area contributed by atoms with Gasteiger partial charge >= 0.3 is 6.18 Å². The van der Waals surface area contributed by atoms with E-state index in [0.717, 1.165) is 36.2 Å². The molecule has 29 heavy (non-hydrogen) atoms. The van der Waals surface area contributed by atoms with E-state index in [0.29, 0.717) is 0 Å². The van der Waals surface area contributed by atoms with Crippen LogP contribution >= 0.6 is 0 Å². The Kier molecular flexibility index (Phi) is 4.98. The number of aromatic nitrogens is 1. The smallest absolute Gasteiger partial charge is 0.358 e. The Labute approximate surface area is 166 Å². The zero-order chi connectivity index (χ0) is 20.6. The minimum absolute atomic E-state index is 0.196. The quantitative estimate of drug-likeness (QED) is 0.612. The number of alkyl halides is 3. The summed E-state index contributed by atoms with van der Waals surface area (Å²) in [6.45, 7) is 0.248. The highest BCUT2D eigenvalue weighted by atomic mass is 19.4. The summed E-state index contributed by atoms with van der Waals surface area (Å²) in [5.41, 5.74) is 4.23. The summed E-state index contributed by atoms with van der Waals surface area (Å²) in [6.07, 6.45) is 0.155. The molecule has 0 saturated carbocycles. The monoisotopic (exact) mass is 401 g/mol. The molecule has 0 radical (unpaired) electrons. The molecule has 1 aliphatic carbocycles. The number of nitrogens with zero attached hydrogens (tertiary/aromatic N) is 1. The molecule has 1 aromatic heterocycles. The number of carbonyl (C=O) groups excluding carboxylic acids is 1. The Morgan fingerprint density at radius 1 is 1.10 bits per heavy atom. The summed E-state index contributed by atoms with van der Waals surface area (Å²) in [7, 11) is 1.87. The van der Waals surface area contributed by atoms with Crippen LogP contribution in [0.4, 0.5) is 18.9 Å². The van der Waals surface area contributed by atoms with Crippen molar-refractivity contribution in [3.05, 3.63) is 64.8 Å². The molecule has 0 spiro atoms. The third kappa shape index (κ3) is 3.95. The van der Waals surface area contributed by atoms with Gasteiger partial charge in [-0.2, -0.15) is 13.2 Å². The van der Waals surface area contributed by atoms with E-state index < -0.39 is 17.6 Å². The first kappa shape index (κ1) is 19.4. The van der Waals surface area contributed by atoms with Crippen LogP contribution in [-0.4, -0.2) is 24.6 Å². The van der Waals surface area contributed by atoms with Crippen molar-refractivity contribution < 1.29 is 18.0 Å². The molecule has 1 amide bonds. The van der Waals surface area contributed by atoms with Crippen molar-refractivity contribution in [1.29, 1.82) is 0 Å². The van der Waals surface area contributed by atoms with Crippen LogP contribution in [0.2, 0.25) is 0 Å². The number of H-pyrrole nitrogens is 1. The number of amides is 1. The van der Waals surface area contributed by atoms with Gasteiger partial charge in [-0.05, 0) is 73.7 Å². The number of hydrogen-bond donors (Lipinski definition) is 2. The molecule has 0 aliphatic heterocycles. The molecule has 1 heterocycles. The average Bonchev–Trinajstić information content (AvgIpc) is 3.09. The molecule has 4 rings (SSSR count). The first-order valence-corrected chi connectivity index (χ1v) is 9.63. The van der Waals surface area contributed by atoms with Crippen LogP contribution in [0.15, 0.2) is 42.5 Å². The van der Waals surface area contributed by atoms with Crippen molar-refractivity contribution in [2.75, 3.05) is 18.6 Å². The molecule has 0 unspecified atom stereocenters. The maximum atomic E-state index is 12.6. The van der Waals surface area contributed by atoms with E-state index in [2.05, 4.69) is 22.4 Å². The van der Waals surface area contributed by atoms with E-state index in [1.54, 1.807) is 0 Å². The Balaban J connectivity index is 1.44. The summed E-state index contributed by atoms with van der Waals surface area (Å²) >= 11 is 0. The Morgan fingerprint density at radius 2 is 1.83 bits per heavy atom. The van der Waals surface area contributed by atoms with Gasteiger partial charge in [0.15, 0.2) is 0 Å². The van der Waals surface area contributed by atoms with Crippen LogP contribution in [0.3, 0.4) is 0 Å². The highest BCUT2D eigenvalue weighted by Gasteiger charge is 2.30. The number of fused-ring (bicyclic) bond motifs is 3. The van der Waals surface area contributed by atoms with Crippen LogP contribution in [-0.2, 0) is 19.0 Å². The lowest BCUT2D eigenvalue weighted by molar-refractivity contribution is -0.137. The highest BCUT2D eigenvalue weighted by Crippen LogP contribution is 2.31. The molecule has 0 fully saturated rings. The molecular weight excluding hydrogens is 379 g/mol. The topological polar surface area (TPSA) is 48.1 Å². The van der Waals surface area contributed by atoms with E-state index in [-0.39, 0.29) is 12.2 Å². The molecule has 0 atom stereocenters. The van der Waals surface area contributed by atoms with Gasteiger partial charge in [0.05, 0.1) is 12.2 Å². The van der Waals surface area contributed by atoms with Crippen molar-refractivity contribution in [3.8, 4) is 0 Å². The second-order valence-electron chi connectivity index (χ2n) is 7.46. The summed E-state index contributed by atoms with van der Waals surface area (Å²) < 4.78 is 37.9. The number of aryl methyl sites for hydroxylation is 2. The van der Waals surface area contributed by atoms with Crippen LogP contribution in [0.5, 0.6) is 0 Å². The van der Waals surface area contributed by atoms with E-state index >= 15 is 0 Å². The second-order valence-corrected chi connectivity index (χ2v) is 7.46. The molecular formula is C22H22F3N3O. The normalized spacial score (nSPS) is 13.9. The van der Waals surface area contributed by atoms with Crippen molar-refractivity contribution in [3.63, 3.8) is 0 Å². The molecule has 0 bridgehead atoms. The van der Waals surface area contributed by atoms with Crippen LogP contribution in [0.25, 0.3) is 10.9 Å². The van der Waals surface area contributed by atoms with Gasteiger partial charge in [0, 0.05) is 34.9 Å². The average molecular weight is 401 g/mol. The third-order valence-electron chi connectivity index (χ3n) is 5.47. The lowest BCUT2D eigenvalue weighted by atomic mass is 9.95. The molecule has 2 aromatic carbocycles. The van der Waals surface area contributed by atoms with Gasteiger partial charge in [0.25, 0.3) is 5.91 Å². The van der Waals surface area contributed by atoms with E-state index in [1.807, 2.05) is 18.0 Å². The fourth-order valence-electron chi connectivity index (χ4n) is 3.83. The van der Waals surface area contributed by atoms with Crippen molar-refractivity contribution in [2.24, 2.45) is 0 Å². The van der Waals surface area contributed by atoms with Gasteiger partial charge in [0.1, 0.15) is 0 Å². The first-order chi connectivity index (χ1) is 13.8. The van der Waals surface area contributed by atoms with Crippen LogP contribution < -0.4 is 10.2 Å². The molecule has 4 nitrogen and oxygen atoms in total. The number of hydrogen-bond acceptors (Lipinski definition) is 2. The van der Waals surface area contributed by atoms with E-state index in [1.165, 1.54) is 41.6 Å². The standard InChI is InChI=1S/C22H22F3N3O/c1-28(13-26-21(29)14-6-8-15(9-7-14)22(23,24)25)16-10-11-20-18(12-16)17-4-2-3-5-19(17)27-20/h6-12,27H,2-5,13H2,1H3,(H,26,29). The van der Waals surface area contributed by atoms with Gasteiger partial charge in [-0.1, -0.05) is 0 Å². The minimum Gasteiger partial charge on any atom is -0.358 e. The molecule has 7 heteroatoms. The fourth-order valence-corrected chi connectivity index (χ4v) is 3.83. The zero-order valence-corrected chi connectivity index (χ0v) is 16.1. The van der Waals surface area contributed by atoms with Crippen LogP contribution in [0, 0.1) is 0 Å². The second kappa shape index (κ2) is 7.46. The lowest BCUT2D eigenvalue weighted by Crippen LogP contribution is -2.35. The van der Waals surface area contributed by atoms with Crippen LogP contribution in [0.1, 0.15) is 40.0 Å².